The van der Waals surface area contributed by atoms with E-state index in [1.165, 1.54) is 0 Å². The van der Waals surface area contributed by atoms with Gasteiger partial charge in [-0.2, -0.15) is 0 Å². The first kappa shape index (κ1) is 22.2. The average molecular weight is 444 g/mol. The molecule has 0 aliphatic carbocycles. The number of benzene rings is 2. The van der Waals surface area contributed by atoms with Gasteiger partial charge in [0.05, 0.1) is 16.9 Å². The number of nitrogen functional groups attached to an aromatic ring is 1. The van der Waals surface area contributed by atoms with E-state index >= 15 is 0 Å². The standard InChI is InChI=1S/C26H29N5O2/c1-3-13-29-26(32)30-20-9-7-19(8-10-20)25-24(27)22-12-11-21(15-23(22)31(25)4-2)33-17-18-6-5-14-28-16-18/h5-12,14-16H,3-4,13,17,27H2,1-2H3,(H2,29,30,32). The molecule has 4 rings (SSSR count). The van der Waals surface area contributed by atoms with Crippen molar-refractivity contribution in [3.05, 3.63) is 72.6 Å². The number of amides is 2. The lowest BCUT2D eigenvalue weighted by Gasteiger charge is -2.11. The van der Waals surface area contributed by atoms with E-state index in [9.17, 15) is 4.79 Å². The Labute approximate surface area is 193 Å². The summed E-state index contributed by atoms with van der Waals surface area (Å²) in [4.78, 5) is 16.0. The van der Waals surface area contributed by atoms with Crippen molar-refractivity contribution in [2.24, 2.45) is 0 Å². The highest BCUT2D eigenvalue weighted by molar-refractivity contribution is 6.01. The molecule has 7 heteroatoms. The lowest BCUT2D eigenvalue weighted by Crippen LogP contribution is -2.29. The Balaban J connectivity index is 1.59. The van der Waals surface area contributed by atoms with Crippen molar-refractivity contribution < 1.29 is 9.53 Å². The van der Waals surface area contributed by atoms with Crippen molar-refractivity contribution in [1.82, 2.24) is 14.9 Å². The van der Waals surface area contributed by atoms with E-state index < -0.39 is 0 Å². The van der Waals surface area contributed by atoms with Gasteiger partial charge in [0.1, 0.15) is 12.4 Å². The predicted molar refractivity (Wildman–Crippen MR) is 133 cm³/mol. The predicted octanol–water partition coefficient (Wildman–Crippen LogP) is 5.42. The molecule has 2 aromatic heterocycles. The molecule has 0 bridgehead atoms. The van der Waals surface area contributed by atoms with Crippen LogP contribution in [0.5, 0.6) is 5.75 Å². The van der Waals surface area contributed by atoms with Crippen LogP contribution in [0.2, 0.25) is 0 Å². The Kier molecular flexibility index (Phi) is 6.78. The molecule has 0 spiro atoms. The Morgan fingerprint density at radius 3 is 2.64 bits per heavy atom. The second-order valence-corrected chi connectivity index (χ2v) is 7.79. The van der Waals surface area contributed by atoms with Gasteiger partial charge in [0.2, 0.25) is 0 Å². The summed E-state index contributed by atoms with van der Waals surface area (Å²) in [5.41, 5.74) is 12.0. The van der Waals surface area contributed by atoms with Crippen molar-refractivity contribution in [3.8, 4) is 17.0 Å². The zero-order valence-electron chi connectivity index (χ0n) is 19.0. The summed E-state index contributed by atoms with van der Waals surface area (Å²) < 4.78 is 8.19. The van der Waals surface area contributed by atoms with Crippen LogP contribution >= 0.6 is 0 Å². The summed E-state index contributed by atoms with van der Waals surface area (Å²) in [5.74, 6) is 0.780. The maximum Gasteiger partial charge on any atom is 0.319 e. The van der Waals surface area contributed by atoms with Crippen LogP contribution in [0.4, 0.5) is 16.2 Å². The highest BCUT2D eigenvalue weighted by Crippen LogP contribution is 2.38. The Morgan fingerprint density at radius 2 is 1.94 bits per heavy atom. The number of rotatable bonds is 8. The van der Waals surface area contributed by atoms with Crippen LogP contribution in [0.25, 0.3) is 22.2 Å². The Bertz CT molecular complexity index is 1230. The van der Waals surface area contributed by atoms with Gasteiger partial charge < -0.3 is 25.7 Å². The second kappa shape index (κ2) is 10.1. The number of aromatic nitrogens is 2. The van der Waals surface area contributed by atoms with Crippen molar-refractivity contribution >= 4 is 28.3 Å². The smallest absolute Gasteiger partial charge is 0.319 e. The number of pyridine rings is 1. The van der Waals surface area contributed by atoms with Crippen molar-refractivity contribution in [3.63, 3.8) is 0 Å². The number of carbonyl (C=O) groups excluding carboxylic acids is 1. The Morgan fingerprint density at radius 1 is 1.12 bits per heavy atom. The summed E-state index contributed by atoms with van der Waals surface area (Å²) in [6, 6.07) is 17.4. The summed E-state index contributed by atoms with van der Waals surface area (Å²) in [5, 5.41) is 6.65. The van der Waals surface area contributed by atoms with Crippen LogP contribution in [-0.2, 0) is 13.2 Å². The fraction of sp³-hybridized carbons (Fsp3) is 0.231. The van der Waals surface area contributed by atoms with E-state index in [4.69, 9.17) is 10.5 Å². The van der Waals surface area contributed by atoms with Gasteiger partial charge in [-0.3, -0.25) is 4.98 Å². The molecule has 0 aliphatic rings. The molecule has 0 atom stereocenters. The molecular formula is C26H29N5O2. The molecule has 7 nitrogen and oxygen atoms in total. The number of hydrogen-bond acceptors (Lipinski definition) is 4. The monoisotopic (exact) mass is 443 g/mol. The average Bonchev–Trinajstić information content (AvgIpc) is 3.13. The van der Waals surface area contributed by atoms with Gasteiger partial charge in [0.15, 0.2) is 0 Å². The zero-order valence-corrected chi connectivity index (χ0v) is 19.0. The largest absolute Gasteiger partial charge is 0.489 e. The molecule has 0 unspecified atom stereocenters. The number of urea groups is 1. The van der Waals surface area contributed by atoms with Crippen molar-refractivity contribution in [2.45, 2.75) is 33.4 Å². The maximum absolute atomic E-state index is 11.9. The van der Waals surface area contributed by atoms with Crippen LogP contribution in [0, 0.1) is 0 Å². The maximum atomic E-state index is 11.9. The van der Waals surface area contributed by atoms with Gasteiger partial charge >= 0.3 is 6.03 Å². The fourth-order valence-corrected chi connectivity index (χ4v) is 3.86. The van der Waals surface area contributed by atoms with E-state index in [1.54, 1.807) is 12.4 Å². The summed E-state index contributed by atoms with van der Waals surface area (Å²) in [6.07, 6.45) is 4.44. The van der Waals surface area contributed by atoms with Gasteiger partial charge in [-0.15, -0.1) is 0 Å². The first-order valence-electron chi connectivity index (χ1n) is 11.2. The van der Waals surface area contributed by atoms with Crippen LogP contribution in [0.3, 0.4) is 0 Å². The van der Waals surface area contributed by atoms with Crippen molar-refractivity contribution in [2.75, 3.05) is 17.6 Å². The van der Waals surface area contributed by atoms with Crippen LogP contribution < -0.4 is 21.1 Å². The lowest BCUT2D eigenvalue weighted by molar-refractivity contribution is 0.252. The molecule has 2 amide bonds. The zero-order chi connectivity index (χ0) is 23.2. The van der Waals surface area contributed by atoms with E-state index in [0.717, 1.165) is 57.8 Å². The van der Waals surface area contributed by atoms with Crippen LogP contribution in [0.15, 0.2) is 67.0 Å². The van der Waals surface area contributed by atoms with E-state index in [1.807, 2.05) is 61.5 Å². The van der Waals surface area contributed by atoms with E-state index in [2.05, 4.69) is 27.1 Å². The third-order valence-corrected chi connectivity index (χ3v) is 5.47. The first-order valence-corrected chi connectivity index (χ1v) is 11.2. The normalized spacial score (nSPS) is 10.8. The first-order chi connectivity index (χ1) is 16.1. The molecule has 0 saturated carbocycles. The number of carbonyl (C=O) groups is 1. The van der Waals surface area contributed by atoms with Crippen LogP contribution in [-0.4, -0.2) is 22.1 Å². The number of hydrogen-bond donors (Lipinski definition) is 3. The molecule has 0 saturated heterocycles. The minimum Gasteiger partial charge on any atom is -0.489 e. The number of fused-ring (bicyclic) bond motifs is 1. The molecule has 2 heterocycles. The SMILES string of the molecule is CCCNC(=O)Nc1ccc(-c2c(N)c3ccc(OCc4cccnc4)cc3n2CC)cc1. The number of nitrogens with one attached hydrogen (secondary N) is 2. The highest BCUT2D eigenvalue weighted by Gasteiger charge is 2.17. The van der Waals surface area contributed by atoms with Gasteiger partial charge in [0.25, 0.3) is 0 Å². The van der Waals surface area contributed by atoms with Gasteiger partial charge in [-0.25, -0.2) is 4.79 Å². The molecule has 2 aromatic carbocycles. The molecule has 170 valence electrons. The molecule has 4 N–H and O–H groups in total. The number of nitrogens with zero attached hydrogens (tertiary/aromatic N) is 2. The topological polar surface area (TPSA) is 94.2 Å². The molecule has 33 heavy (non-hydrogen) atoms. The van der Waals surface area contributed by atoms with E-state index in [-0.39, 0.29) is 6.03 Å². The van der Waals surface area contributed by atoms with E-state index in [0.29, 0.717) is 13.2 Å². The Hall–Kier alpha value is -4.00. The molecule has 0 radical (unpaired) electrons. The summed E-state index contributed by atoms with van der Waals surface area (Å²) in [7, 11) is 0. The minimum absolute atomic E-state index is 0.203. The number of ether oxygens (including phenoxy) is 1. The number of nitrogens with two attached hydrogens (primary N) is 1. The summed E-state index contributed by atoms with van der Waals surface area (Å²) in [6.45, 7) is 5.97. The number of anilines is 2. The fourth-order valence-electron chi connectivity index (χ4n) is 3.86. The quantitative estimate of drug-likeness (QED) is 0.339. The van der Waals surface area contributed by atoms with Crippen LogP contribution in [0.1, 0.15) is 25.8 Å². The third-order valence-electron chi connectivity index (χ3n) is 5.47. The molecule has 0 aliphatic heterocycles. The van der Waals surface area contributed by atoms with Gasteiger partial charge in [0, 0.05) is 53.8 Å². The van der Waals surface area contributed by atoms with Crippen molar-refractivity contribution in [1.29, 1.82) is 0 Å². The third kappa shape index (κ3) is 4.92. The van der Waals surface area contributed by atoms with Gasteiger partial charge in [-0.1, -0.05) is 25.1 Å². The lowest BCUT2D eigenvalue weighted by atomic mass is 10.1. The molecule has 0 fully saturated rings. The highest BCUT2D eigenvalue weighted by atomic mass is 16.5. The molecular weight excluding hydrogens is 414 g/mol. The van der Waals surface area contributed by atoms with Gasteiger partial charge in [-0.05, 0) is 43.7 Å². The number of aryl methyl sites for hydroxylation is 1. The second-order valence-electron chi connectivity index (χ2n) is 7.79. The summed E-state index contributed by atoms with van der Waals surface area (Å²) >= 11 is 0. The molecule has 4 aromatic rings. The minimum atomic E-state index is -0.203.